The highest BCUT2D eigenvalue weighted by Gasteiger charge is 2.16. The minimum Gasteiger partial charge on any atom is -0.475 e. The summed E-state index contributed by atoms with van der Waals surface area (Å²) in [6, 6.07) is 5.50. The predicted octanol–water partition coefficient (Wildman–Crippen LogP) is 2.49. The summed E-state index contributed by atoms with van der Waals surface area (Å²) < 4.78 is 1.48. The van der Waals surface area contributed by atoms with Gasteiger partial charge in [-0.15, -0.1) is 5.10 Å². The average Bonchev–Trinajstić information content (AvgIpc) is 2.73. The van der Waals surface area contributed by atoms with Crippen LogP contribution >= 0.6 is 11.6 Å². The van der Waals surface area contributed by atoms with E-state index in [0.717, 1.165) is 5.56 Å². The van der Waals surface area contributed by atoms with Gasteiger partial charge < -0.3 is 5.11 Å². The summed E-state index contributed by atoms with van der Waals surface area (Å²) in [5.41, 5.74) is 1.67. The monoisotopic (exact) mass is 265 g/mol. The number of aromatic nitrogens is 3. The van der Waals surface area contributed by atoms with E-state index in [1.807, 2.05) is 19.9 Å². The van der Waals surface area contributed by atoms with Crippen LogP contribution in [0.5, 0.6) is 0 Å². The Morgan fingerprint density at radius 3 is 2.78 bits per heavy atom. The van der Waals surface area contributed by atoms with Crippen molar-refractivity contribution in [3.63, 3.8) is 0 Å². The van der Waals surface area contributed by atoms with Gasteiger partial charge >= 0.3 is 5.97 Å². The molecule has 0 saturated heterocycles. The number of aryl methyl sites for hydroxylation is 2. The highest BCUT2D eigenvalue weighted by atomic mass is 35.5. The van der Waals surface area contributed by atoms with Crippen molar-refractivity contribution in [2.75, 3.05) is 0 Å². The van der Waals surface area contributed by atoms with E-state index >= 15 is 0 Å². The summed E-state index contributed by atoms with van der Waals surface area (Å²) in [6.07, 6.45) is 0.574. The SMILES string of the molecule is CCc1nc(C(=O)O)nn1-c1ccc(C)cc1Cl. The molecule has 0 atom stereocenters. The van der Waals surface area contributed by atoms with Gasteiger partial charge in [0.2, 0.25) is 0 Å². The van der Waals surface area contributed by atoms with E-state index in [9.17, 15) is 4.79 Å². The zero-order valence-corrected chi connectivity index (χ0v) is 10.8. The molecule has 1 N–H and O–H groups in total. The summed E-state index contributed by atoms with van der Waals surface area (Å²) in [5.74, 6) is -0.798. The standard InChI is InChI=1S/C12H12ClN3O2/c1-3-10-14-11(12(17)18)15-16(10)9-5-4-7(2)6-8(9)13/h4-6H,3H2,1-2H3,(H,17,18). The number of benzene rings is 1. The van der Waals surface area contributed by atoms with E-state index in [4.69, 9.17) is 16.7 Å². The second-order valence-electron chi connectivity index (χ2n) is 3.88. The van der Waals surface area contributed by atoms with Gasteiger partial charge in [-0.05, 0) is 24.6 Å². The second kappa shape index (κ2) is 4.78. The lowest BCUT2D eigenvalue weighted by Crippen LogP contribution is -2.04. The Morgan fingerprint density at radius 1 is 1.50 bits per heavy atom. The molecule has 2 rings (SSSR count). The molecular formula is C12H12ClN3O2. The number of hydrogen-bond acceptors (Lipinski definition) is 3. The van der Waals surface area contributed by atoms with Crippen molar-refractivity contribution in [3.05, 3.63) is 40.4 Å². The van der Waals surface area contributed by atoms with E-state index in [1.54, 1.807) is 12.1 Å². The second-order valence-corrected chi connectivity index (χ2v) is 4.28. The smallest absolute Gasteiger partial charge is 0.375 e. The number of hydrogen-bond donors (Lipinski definition) is 1. The zero-order valence-electron chi connectivity index (χ0n) is 10.0. The van der Waals surface area contributed by atoms with Gasteiger partial charge in [0.1, 0.15) is 5.82 Å². The number of halogens is 1. The molecule has 0 spiro atoms. The molecule has 1 aromatic heterocycles. The Balaban J connectivity index is 2.58. The molecule has 0 unspecified atom stereocenters. The summed E-state index contributed by atoms with van der Waals surface area (Å²) in [5, 5.41) is 13.4. The topological polar surface area (TPSA) is 68.0 Å². The lowest BCUT2D eigenvalue weighted by Gasteiger charge is -2.07. The summed E-state index contributed by atoms with van der Waals surface area (Å²) in [6.45, 7) is 3.81. The van der Waals surface area contributed by atoms with Crippen molar-refractivity contribution in [2.24, 2.45) is 0 Å². The minimum atomic E-state index is -1.15. The van der Waals surface area contributed by atoms with Gasteiger partial charge in [0, 0.05) is 6.42 Å². The third kappa shape index (κ3) is 2.22. The van der Waals surface area contributed by atoms with E-state index in [2.05, 4.69) is 10.1 Å². The molecule has 0 amide bonds. The van der Waals surface area contributed by atoms with Crippen LogP contribution in [0.4, 0.5) is 0 Å². The first-order valence-electron chi connectivity index (χ1n) is 5.48. The molecule has 0 aliphatic heterocycles. The van der Waals surface area contributed by atoms with Crippen molar-refractivity contribution in [1.29, 1.82) is 0 Å². The van der Waals surface area contributed by atoms with Crippen LogP contribution in [0.2, 0.25) is 5.02 Å². The lowest BCUT2D eigenvalue weighted by atomic mass is 10.2. The van der Waals surface area contributed by atoms with Crippen LogP contribution in [-0.4, -0.2) is 25.8 Å². The maximum Gasteiger partial charge on any atom is 0.375 e. The molecule has 0 saturated carbocycles. The van der Waals surface area contributed by atoms with Gasteiger partial charge in [0.15, 0.2) is 0 Å². The van der Waals surface area contributed by atoms with Crippen LogP contribution in [0, 0.1) is 6.92 Å². The minimum absolute atomic E-state index is 0.219. The molecule has 2 aromatic rings. The number of rotatable bonds is 3. The fraction of sp³-hybridized carbons (Fsp3) is 0.250. The number of nitrogens with zero attached hydrogens (tertiary/aromatic N) is 3. The fourth-order valence-electron chi connectivity index (χ4n) is 1.64. The molecule has 0 bridgehead atoms. The highest BCUT2D eigenvalue weighted by molar-refractivity contribution is 6.32. The Hall–Kier alpha value is -1.88. The third-order valence-electron chi connectivity index (χ3n) is 2.51. The molecule has 0 aliphatic rings. The molecule has 1 heterocycles. The van der Waals surface area contributed by atoms with Crippen LogP contribution in [0.25, 0.3) is 5.69 Å². The van der Waals surface area contributed by atoms with Crippen molar-refractivity contribution in [3.8, 4) is 5.69 Å². The third-order valence-corrected chi connectivity index (χ3v) is 2.82. The average molecular weight is 266 g/mol. The van der Waals surface area contributed by atoms with Crippen LogP contribution in [-0.2, 0) is 6.42 Å². The van der Waals surface area contributed by atoms with Crippen molar-refractivity contribution >= 4 is 17.6 Å². The number of carboxylic acids is 1. The lowest BCUT2D eigenvalue weighted by molar-refractivity contribution is 0.0683. The molecule has 6 heteroatoms. The van der Waals surface area contributed by atoms with Gasteiger partial charge in [-0.25, -0.2) is 14.5 Å². The zero-order chi connectivity index (χ0) is 13.3. The van der Waals surface area contributed by atoms with Gasteiger partial charge in [0.25, 0.3) is 5.82 Å². The largest absolute Gasteiger partial charge is 0.475 e. The first kappa shape index (κ1) is 12.6. The maximum atomic E-state index is 10.9. The van der Waals surface area contributed by atoms with Crippen LogP contribution < -0.4 is 0 Å². The quantitative estimate of drug-likeness (QED) is 0.926. The van der Waals surface area contributed by atoms with Gasteiger partial charge in [-0.2, -0.15) is 0 Å². The maximum absolute atomic E-state index is 10.9. The van der Waals surface area contributed by atoms with Crippen molar-refractivity contribution in [2.45, 2.75) is 20.3 Å². The molecule has 0 fully saturated rings. The number of aromatic carboxylic acids is 1. The van der Waals surface area contributed by atoms with E-state index in [0.29, 0.717) is 23.0 Å². The Kier molecular flexibility index (Phi) is 3.34. The highest BCUT2D eigenvalue weighted by Crippen LogP contribution is 2.22. The fourth-order valence-corrected chi connectivity index (χ4v) is 1.96. The molecule has 1 aromatic carbocycles. The van der Waals surface area contributed by atoms with E-state index in [-0.39, 0.29) is 5.82 Å². The van der Waals surface area contributed by atoms with E-state index < -0.39 is 5.97 Å². The summed E-state index contributed by atoms with van der Waals surface area (Å²) in [4.78, 5) is 14.8. The van der Waals surface area contributed by atoms with Gasteiger partial charge in [0.05, 0.1) is 10.7 Å². The van der Waals surface area contributed by atoms with Crippen LogP contribution in [0.1, 0.15) is 28.9 Å². The summed E-state index contributed by atoms with van der Waals surface area (Å²) in [7, 11) is 0. The molecule has 0 radical (unpaired) electrons. The van der Waals surface area contributed by atoms with Crippen molar-refractivity contribution < 1.29 is 9.90 Å². The molecular weight excluding hydrogens is 254 g/mol. The van der Waals surface area contributed by atoms with Gasteiger partial charge in [-0.1, -0.05) is 24.6 Å². The molecule has 94 valence electrons. The van der Waals surface area contributed by atoms with Gasteiger partial charge in [-0.3, -0.25) is 0 Å². The number of carboxylic acid groups (broad SMARTS) is 1. The number of carbonyl (C=O) groups is 1. The Bertz CT molecular complexity index is 607. The Labute approximate surface area is 109 Å². The predicted molar refractivity (Wildman–Crippen MR) is 67.4 cm³/mol. The molecule has 18 heavy (non-hydrogen) atoms. The molecule has 5 nitrogen and oxygen atoms in total. The first-order chi connectivity index (χ1) is 8.52. The van der Waals surface area contributed by atoms with Crippen LogP contribution in [0.3, 0.4) is 0 Å². The Morgan fingerprint density at radius 2 is 2.22 bits per heavy atom. The first-order valence-corrected chi connectivity index (χ1v) is 5.86. The molecule has 0 aliphatic carbocycles. The van der Waals surface area contributed by atoms with Crippen LogP contribution in [0.15, 0.2) is 18.2 Å². The normalized spacial score (nSPS) is 10.6. The summed E-state index contributed by atoms with van der Waals surface area (Å²) >= 11 is 6.15. The van der Waals surface area contributed by atoms with E-state index in [1.165, 1.54) is 4.68 Å². The van der Waals surface area contributed by atoms with Crippen molar-refractivity contribution in [1.82, 2.24) is 14.8 Å².